The molecule has 0 aromatic heterocycles. The first kappa shape index (κ1) is 26.3. The fourth-order valence-corrected chi connectivity index (χ4v) is 2.31. The standard InChI is InChI=1S/C17H31N5O7/c1-5-7(2)12(17(28)29)21-14(25)8(3)20-16(27)13(9(4)23)22-15(26)10(18)6-11(19)24/h7-10,12-13,23H,5-6,18H2,1-4H3,(H2,19,24)(H,20,27)(H,21,25)(H,22,26)(H,28,29). The molecule has 0 saturated heterocycles. The normalized spacial score (nSPS) is 17.0. The monoisotopic (exact) mass is 417 g/mol. The maximum Gasteiger partial charge on any atom is 0.326 e. The van der Waals surface area contributed by atoms with Gasteiger partial charge in [0.05, 0.1) is 18.6 Å². The van der Waals surface area contributed by atoms with Crippen LogP contribution < -0.4 is 27.4 Å². The maximum absolute atomic E-state index is 12.4. The van der Waals surface area contributed by atoms with Gasteiger partial charge in [0.2, 0.25) is 23.6 Å². The van der Waals surface area contributed by atoms with Crippen LogP contribution in [0.1, 0.15) is 40.5 Å². The number of hydrogen-bond acceptors (Lipinski definition) is 7. The van der Waals surface area contributed by atoms with E-state index in [4.69, 9.17) is 11.5 Å². The number of hydrogen-bond donors (Lipinski definition) is 7. The minimum absolute atomic E-state index is 0.337. The fraction of sp³-hybridized carbons (Fsp3) is 0.706. The first-order valence-corrected chi connectivity index (χ1v) is 9.17. The Morgan fingerprint density at radius 3 is 1.83 bits per heavy atom. The number of carbonyl (C=O) groups excluding carboxylic acids is 4. The van der Waals surface area contributed by atoms with Crippen LogP contribution >= 0.6 is 0 Å². The summed E-state index contributed by atoms with van der Waals surface area (Å²) in [5, 5.41) is 25.9. The summed E-state index contributed by atoms with van der Waals surface area (Å²) in [6.07, 6.45) is -1.29. The van der Waals surface area contributed by atoms with E-state index in [0.29, 0.717) is 6.42 Å². The minimum atomic E-state index is -1.46. The molecule has 0 radical (unpaired) electrons. The average Bonchev–Trinajstić information content (AvgIpc) is 2.61. The topological polar surface area (TPSA) is 214 Å². The zero-order valence-electron chi connectivity index (χ0n) is 17.0. The third-order valence-corrected chi connectivity index (χ3v) is 4.35. The summed E-state index contributed by atoms with van der Waals surface area (Å²) < 4.78 is 0. The van der Waals surface area contributed by atoms with E-state index < -0.39 is 66.3 Å². The molecule has 0 aliphatic rings. The van der Waals surface area contributed by atoms with Gasteiger partial charge in [-0.15, -0.1) is 0 Å². The van der Waals surface area contributed by atoms with E-state index >= 15 is 0 Å². The molecule has 166 valence electrons. The van der Waals surface area contributed by atoms with Gasteiger partial charge in [0, 0.05) is 0 Å². The molecule has 29 heavy (non-hydrogen) atoms. The predicted octanol–water partition coefficient (Wildman–Crippen LogP) is -2.83. The van der Waals surface area contributed by atoms with E-state index in [-0.39, 0.29) is 5.92 Å². The molecule has 0 heterocycles. The third kappa shape index (κ3) is 8.87. The van der Waals surface area contributed by atoms with Crippen LogP contribution in [0.4, 0.5) is 0 Å². The second-order valence-electron chi connectivity index (χ2n) is 6.94. The number of carbonyl (C=O) groups is 5. The maximum atomic E-state index is 12.4. The van der Waals surface area contributed by atoms with Crippen LogP contribution in [0.25, 0.3) is 0 Å². The molecule has 4 amide bonds. The Kier molecular flexibility index (Phi) is 10.8. The van der Waals surface area contributed by atoms with Crippen molar-refractivity contribution in [2.24, 2.45) is 17.4 Å². The van der Waals surface area contributed by atoms with Crippen molar-refractivity contribution in [3.63, 3.8) is 0 Å². The highest BCUT2D eigenvalue weighted by Gasteiger charge is 2.32. The Morgan fingerprint density at radius 2 is 1.41 bits per heavy atom. The Hall–Kier alpha value is -2.73. The molecule has 9 N–H and O–H groups in total. The zero-order chi connectivity index (χ0) is 22.9. The van der Waals surface area contributed by atoms with Gasteiger partial charge in [-0.05, 0) is 19.8 Å². The molecule has 6 atom stereocenters. The summed E-state index contributed by atoms with van der Waals surface area (Å²) in [4.78, 5) is 58.7. The molecule has 0 spiro atoms. The lowest BCUT2D eigenvalue weighted by atomic mass is 9.99. The number of primary amides is 1. The van der Waals surface area contributed by atoms with Crippen LogP contribution in [0.3, 0.4) is 0 Å². The SMILES string of the molecule is CCC(C)C(NC(=O)C(C)NC(=O)C(NC(=O)C(N)CC(N)=O)C(C)O)C(=O)O. The van der Waals surface area contributed by atoms with E-state index in [9.17, 15) is 34.2 Å². The van der Waals surface area contributed by atoms with Gasteiger partial charge < -0.3 is 37.6 Å². The quantitative estimate of drug-likeness (QED) is 0.175. The number of carboxylic acid groups (broad SMARTS) is 1. The molecule has 0 aliphatic carbocycles. The lowest BCUT2D eigenvalue weighted by Gasteiger charge is -2.26. The van der Waals surface area contributed by atoms with E-state index in [1.165, 1.54) is 13.8 Å². The Morgan fingerprint density at radius 1 is 0.897 bits per heavy atom. The smallest absolute Gasteiger partial charge is 0.326 e. The van der Waals surface area contributed by atoms with Gasteiger partial charge in [0.15, 0.2) is 0 Å². The number of aliphatic hydroxyl groups is 1. The Balaban J connectivity index is 5.04. The largest absolute Gasteiger partial charge is 0.480 e. The fourth-order valence-electron chi connectivity index (χ4n) is 2.31. The van der Waals surface area contributed by atoms with Crippen molar-refractivity contribution in [3.8, 4) is 0 Å². The Bertz CT molecular complexity index is 625. The van der Waals surface area contributed by atoms with Crippen LogP contribution in [0.15, 0.2) is 0 Å². The highest BCUT2D eigenvalue weighted by atomic mass is 16.4. The van der Waals surface area contributed by atoms with Gasteiger partial charge in [-0.3, -0.25) is 19.2 Å². The van der Waals surface area contributed by atoms with Crippen molar-refractivity contribution < 1.29 is 34.2 Å². The summed E-state index contributed by atoms with van der Waals surface area (Å²) in [6, 6.07) is -5.05. The number of nitrogens with two attached hydrogens (primary N) is 2. The van der Waals surface area contributed by atoms with E-state index in [1.54, 1.807) is 13.8 Å². The van der Waals surface area contributed by atoms with Crippen molar-refractivity contribution in [3.05, 3.63) is 0 Å². The van der Waals surface area contributed by atoms with Crippen LogP contribution in [0, 0.1) is 5.92 Å². The first-order chi connectivity index (χ1) is 13.3. The molecule has 0 saturated carbocycles. The number of rotatable bonds is 12. The number of amides is 4. The molecule has 6 unspecified atom stereocenters. The van der Waals surface area contributed by atoms with Crippen LogP contribution in [0.5, 0.6) is 0 Å². The summed E-state index contributed by atoms with van der Waals surface area (Å²) in [5.74, 6) is -4.88. The van der Waals surface area contributed by atoms with Crippen molar-refractivity contribution in [1.82, 2.24) is 16.0 Å². The molecule has 12 heteroatoms. The van der Waals surface area contributed by atoms with Gasteiger partial charge in [0.25, 0.3) is 0 Å². The summed E-state index contributed by atoms with van der Waals surface area (Å²) in [7, 11) is 0. The first-order valence-electron chi connectivity index (χ1n) is 9.17. The van der Waals surface area contributed by atoms with Crippen molar-refractivity contribution in [2.45, 2.75) is 70.8 Å². The van der Waals surface area contributed by atoms with Gasteiger partial charge in [0.1, 0.15) is 18.1 Å². The van der Waals surface area contributed by atoms with Gasteiger partial charge in [-0.2, -0.15) is 0 Å². The van der Waals surface area contributed by atoms with Gasteiger partial charge >= 0.3 is 5.97 Å². The lowest BCUT2D eigenvalue weighted by Crippen LogP contribution is -2.59. The van der Waals surface area contributed by atoms with E-state index in [0.717, 1.165) is 0 Å². The van der Waals surface area contributed by atoms with E-state index in [2.05, 4.69) is 16.0 Å². The number of nitrogens with one attached hydrogen (secondary N) is 3. The lowest BCUT2D eigenvalue weighted by molar-refractivity contribution is -0.143. The van der Waals surface area contributed by atoms with Crippen LogP contribution in [-0.4, -0.2) is 70.1 Å². The summed E-state index contributed by atoms with van der Waals surface area (Å²) in [6.45, 7) is 5.99. The molecular formula is C17H31N5O7. The van der Waals surface area contributed by atoms with Gasteiger partial charge in [-0.25, -0.2) is 4.79 Å². The second-order valence-corrected chi connectivity index (χ2v) is 6.94. The second kappa shape index (κ2) is 12.0. The predicted molar refractivity (Wildman–Crippen MR) is 102 cm³/mol. The highest BCUT2D eigenvalue weighted by molar-refractivity contribution is 5.95. The Labute approximate surface area is 168 Å². The molecule has 0 fully saturated rings. The summed E-state index contributed by atoms with van der Waals surface area (Å²) in [5.41, 5.74) is 10.5. The molecule has 0 bridgehead atoms. The van der Waals surface area contributed by atoms with Gasteiger partial charge in [-0.1, -0.05) is 20.3 Å². The third-order valence-electron chi connectivity index (χ3n) is 4.35. The summed E-state index contributed by atoms with van der Waals surface area (Å²) >= 11 is 0. The molecule has 12 nitrogen and oxygen atoms in total. The van der Waals surface area contributed by atoms with Crippen molar-refractivity contribution in [1.29, 1.82) is 0 Å². The highest BCUT2D eigenvalue weighted by Crippen LogP contribution is 2.08. The van der Waals surface area contributed by atoms with Crippen molar-refractivity contribution >= 4 is 29.6 Å². The number of aliphatic carboxylic acids is 1. The molecule has 0 rings (SSSR count). The minimum Gasteiger partial charge on any atom is -0.480 e. The molecular weight excluding hydrogens is 386 g/mol. The average molecular weight is 417 g/mol. The molecule has 0 aliphatic heterocycles. The number of carboxylic acids is 1. The van der Waals surface area contributed by atoms with Crippen LogP contribution in [-0.2, 0) is 24.0 Å². The zero-order valence-corrected chi connectivity index (χ0v) is 17.0. The van der Waals surface area contributed by atoms with E-state index in [1.807, 2.05) is 0 Å². The molecule has 0 aromatic rings. The molecule has 0 aromatic carbocycles. The van der Waals surface area contributed by atoms with Crippen molar-refractivity contribution in [2.75, 3.05) is 0 Å². The van der Waals surface area contributed by atoms with Crippen LogP contribution in [0.2, 0.25) is 0 Å². The number of aliphatic hydroxyl groups excluding tert-OH is 1.